The maximum Gasteiger partial charge on any atom is 0.162 e. The average molecular weight is 771 g/mol. The molecule has 1 aliphatic heterocycles. The predicted octanol–water partition coefficient (Wildman–Crippen LogP) is 8.84. The fraction of sp³-hybridized carbons (Fsp3) is 0.727. The molecule has 6 aliphatic rings. The van der Waals surface area contributed by atoms with E-state index in [4.69, 9.17) is 19.4 Å². The van der Waals surface area contributed by atoms with Crippen LogP contribution in [0.3, 0.4) is 0 Å². The molecule has 0 spiro atoms. The zero-order chi connectivity index (χ0) is 38.0. The highest BCUT2D eigenvalue weighted by molar-refractivity contribution is 7.93. The van der Waals surface area contributed by atoms with Crippen molar-refractivity contribution in [3.05, 3.63) is 36.3 Å². The molecule has 10 nitrogen and oxygen atoms in total. The number of H-pyrrole nitrogens is 1. The molecule has 11 heteroatoms. The molecule has 0 amide bonds. The lowest BCUT2D eigenvalue weighted by Gasteiger charge is -2.60. The van der Waals surface area contributed by atoms with Gasteiger partial charge in [0.25, 0.3) is 0 Å². The number of carbonyl (C=O) groups is 1. The summed E-state index contributed by atoms with van der Waals surface area (Å²) in [5, 5.41) is 0.950. The number of unbranched alkanes of at least 4 members (excludes halogenated alkanes) is 3. The van der Waals surface area contributed by atoms with Gasteiger partial charge in [-0.25, -0.2) is 19.2 Å². The lowest BCUT2D eigenvalue weighted by Crippen LogP contribution is -2.54. The molecule has 3 aromatic heterocycles. The molecule has 0 radical (unpaired) electrons. The topological polar surface area (TPSA) is 134 Å². The van der Waals surface area contributed by atoms with E-state index in [0.717, 1.165) is 117 Å². The summed E-state index contributed by atoms with van der Waals surface area (Å²) < 4.78 is 35.5. The second kappa shape index (κ2) is 14.5. The molecule has 0 aromatic carbocycles. The van der Waals surface area contributed by atoms with Crippen LogP contribution in [0.15, 0.2) is 30.6 Å². The smallest absolute Gasteiger partial charge is 0.162 e. The van der Waals surface area contributed by atoms with Crippen LogP contribution in [0.2, 0.25) is 0 Å². The van der Waals surface area contributed by atoms with Gasteiger partial charge in [0.1, 0.15) is 17.2 Å². The molecule has 1 saturated heterocycles. The summed E-state index contributed by atoms with van der Waals surface area (Å²) in [6.07, 6.45) is 19.5. The van der Waals surface area contributed by atoms with Crippen LogP contribution in [0.25, 0.3) is 22.4 Å². The monoisotopic (exact) mass is 770 g/mol. The largest absolute Gasteiger partial charge is 0.378 e. The van der Waals surface area contributed by atoms with Gasteiger partial charge in [0.15, 0.2) is 5.82 Å². The first-order valence-electron chi connectivity index (χ1n) is 21.6. The van der Waals surface area contributed by atoms with Crippen molar-refractivity contribution in [3.8, 4) is 11.4 Å². The molecular formula is C44H62N6O4S. The highest BCUT2D eigenvalue weighted by Crippen LogP contribution is 2.66. The Labute approximate surface area is 327 Å². The van der Waals surface area contributed by atoms with Crippen molar-refractivity contribution in [1.29, 1.82) is 4.78 Å². The van der Waals surface area contributed by atoms with Gasteiger partial charge in [-0.3, -0.25) is 9.57 Å². The zero-order valence-corrected chi connectivity index (χ0v) is 34.1. The molecule has 3 aromatic rings. The van der Waals surface area contributed by atoms with E-state index in [1.807, 2.05) is 24.4 Å². The summed E-state index contributed by atoms with van der Waals surface area (Å²) in [6.45, 7) is 9.99. The highest BCUT2D eigenvalue weighted by atomic mass is 32.2. The Kier molecular flexibility index (Phi) is 9.93. The van der Waals surface area contributed by atoms with Crippen molar-refractivity contribution < 1.29 is 18.5 Å². The second-order valence-electron chi connectivity index (χ2n) is 18.8. The van der Waals surface area contributed by atoms with Gasteiger partial charge in [0.05, 0.1) is 45.5 Å². The van der Waals surface area contributed by atoms with E-state index < -0.39 is 14.5 Å². The molecule has 298 valence electrons. The maximum atomic E-state index is 14.4. The minimum absolute atomic E-state index is 0.153. The standard InChI is InChI=1S/C44H62N6O4S/c1-29-28-53-24-22-50(29)39-27-37(48-41(49-39)33-15-21-47-40-32(33)14-20-46-40)44(18-19-44)55(45,52)25-7-5-4-6-23-54-38-11-10-35-34-9-8-30-26-31(51)12-16-42(30,2)36(34)13-17-43(35,38)3/h14-15,20-21,27,29-30,34-36,38,45H,4-13,16-19,22-26,28H2,1-3H3,(H,46,47)/t29-,30+,34+,35+,36+,38+,42+,43+,55?/m1/s1. The van der Waals surface area contributed by atoms with Gasteiger partial charge in [-0.05, 0) is 124 Å². The number of rotatable bonds is 12. The summed E-state index contributed by atoms with van der Waals surface area (Å²) in [4.78, 5) is 32.4. The first-order valence-corrected chi connectivity index (χ1v) is 23.3. The zero-order valence-electron chi connectivity index (χ0n) is 33.3. The van der Waals surface area contributed by atoms with Crippen LogP contribution < -0.4 is 4.90 Å². The van der Waals surface area contributed by atoms with Crippen molar-refractivity contribution in [2.45, 2.75) is 134 Å². The number of nitrogens with zero attached hydrogens (tertiary/aromatic N) is 4. The van der Waals surface area contributed by atoms with Crippen LogP contribution in [0.4, 0.5) is 5.82 Å². The van der Waals surface area contributed by atoms with Gasteiger partial charge >= 0.3 is 0 Å². The van der Waals surface area contributed by atoms with Gasteiger partial charge < -0.3 is 19.4 Å². The van der Waals surface area contributed by atoms with Crippen LogP contribution in [0.5, 0.6) is 0 Å². The SMILES string of the molecule is C[C@@H]1COCCN1c1cc(C2(S(=N)(=O)CCCCCCO[C@H]3CC[C@H]4[C@@H]5CC[C@H]6CC(=O)CC[C@]6(C)[C@H]5CC[C@]34C)CC2)nc(-c2ccnc3[nH]ccc23)n1. The van der Waals surface area contributed by atoms with E-state index in [9.17, 15) is 13.8 Å². The van der Waals surface area contributed by atoms with Crippen molar-refractivity contribution in [2.75, 3.05) is 37.0 Å². The van der Waals surface area contributed by atoms with Crippen LogP contribution >= 0.6 is 0 Å². The predicted molar refractivity (Wildman–Crippen MR) is 216 cm³/mol. The van der Waals surface area contributed by atoms with Crippen molar-refractivity contribution in [2.24, 2.45) is 34.5 Å². The molecule has 1 unspecified atom stereocenters. The Balaban J connectivity index is 0.806. The number of morpholine rings is 1. The number of pyridine rings is 1. The normalized spacial score (nSPS) is 35.2. The van der Waals surface area contributed by atoms with Gasteiger partial charge in [-0.2, -0.15) is 0 Å². The maximum absolute atomic E-state index is 14.4. The number of hydrogen-bond donors (Lipinski definition) is 2. The van der Waals surface area contributed by atoms with Gasteiger partial charge in [-0.15, -0.1) is 0 Å². The molecule has 9 atom stereocenters. The first kappa shape index (κ1) is 37.7. The van der Waals surface area contributed by atoms with E-state index in [0.29, 0.717) is 48.0 Å². The number of nitrogens with one attached hydrogen (secondary N) is 2. The molecule has 6 fully saturated rings. The van der Waals surface area contributed by atoms with Crippen LogP contribution in [-0.4, -0.2) is 74.2 Å². The summed E-state index contributed by atoms with van der Waals surface area (Å²) in [7, 11) is -2.95. The average Bonchev–Trinajstić information content (AvgIpc) is 3.75. The van der Waals surface area contributed by atoms with Crippen molar-refractivity contribution >= 4 is 32.4 Å². The van der Waals surface area contributed by atoms with Gasteiger partial charge in [0, 0.05) is 61.2 Å². The van der Waals surface area contributed by atoms with E-state index >= 15 is 0 Å². The van der Waals surface area contributed by atoms with Gasteiger partial charge in [-0.1, -0.05) is 26.7 Å². The van der Waals surface area contributed by atoms with E-state index in [-0.39, 0.29) is 11.5 Å². The highest BCUT2D eigenvalue weighted by Gasteiger charge is 2.60. The molecule has 2 N–H and O–H groups in total. The van der Waals surface area contributed by atoms with Crippen LogP contribution in [-0.2, 0) is 28.7 Å². The molecule has 0 bridgehead atoms. The summed E-state index contributed by atoms with van der Waals surface area (Å²) in [5.74, 6) is 5.25. The summed E-state index contributed by atoms with van der Waals surface area (Å²) >= 11 is 0. The third kappa shape index (κ3) is 6.56. The number of hydrogen-bond acceptors (Lipinski definition) is 9. The number of fused-ring (bicyclic) bond motifs is 6. The number of aromatic nitrogens is 4. The molecule has 9 rings (SSSR count). The molecule has 4 heterocycles. The second-order valence-corrected chi connectivity index (χ2v) is 21.4. The molecule has 5 saturated carbocycles. The Morgan fingerprint density at radius 3 is 2.67 bits per heavy atom. The van der Waals surface area contributed by atoms with E-state index in [1.54, 1.807) is 6.20 Å². The summed E-state index contributed by atoms with van der Waals surface area (Å²) in [6, 6.07) is 6.12. The molecular weight excluding hydrogens is 709 g/mol. The Morgan fingerprint density at radius 1 is 1.00 bits per heavy atom. The third-order valence-electron chi connectivity index (χ3n) is 15.9. The fourth-order valence-corrected chi connectivity index (χ4v) is 14.7. The van der Waals surface area contributed by atoms with Gasteiger partial charge in [0.2, 0.25) is 0 Å². The van der Waals surface area contributed by atoms with E-state index in [1.165, 1.54) is 38.5 Å². The van der Waals surface area contributed by atoms with Crippen LogP contribution in [0.1, 0.15) is 123 Å². The minimum atomic E-state index is -2.95. The van der Waals surface area contributed by atoms with E-state index in [2.05, 4.69) is 35.6 Å². The molecule has 5 aliphatic carbocycles. The lowest BCUT2D eigenvalue weighted by atomic mass is 9.45. The molecule has 55 heavy (non-hydrogen) atoms. The minimum Gasteiger partial charge on any atom is -0.378 e. The Hall–Kier alpha value is -2.89. The van der Waals surface area contributed by atoms with Crippen molar-refractivity contribution in [3.63, 3.8) is 0 Å². The number of carbonyl (C=O) groups excluding carboxylic acids is 1. The third-order valence-corrected chi connectivity index (χ3v) is 18.7. The first-order chi connectivity index (χ1) is 26.5. The number of anilines is 1. The van der Waals surface area contributed by atoms with Crippen LogP contribution in [0, 0.1) is 39.3 Å². The summed E-state index contributed by atoms with van der Waals surface area (Å²) in [5.41, 5.74) is 3.05. The number of ketones is 1. The number of Topliss-reactive ketones (excluding diaryl/α,β-unsaturated/α-hetero) is 1. The Morgan fingerprint density at radius 2 is 1.84 bits per heavy atom. The lowest BCUT2D eigenvalue weighted by molar-refractivity contribution is -0.145. The quantitative estimate of drug-likeness (QED) is 0.175. The Bertz CT molecular complexity index is 2010. The fourth-order valence-electron chi connectivity index (χ4n) is 12.5. The number of ether oxygens (including phenoxy) is 2. The number of aromatic amines is 1. The van der Waals surface area contributed by atoms with Crippen molar-refractivity contribution in [1.82, 2.24) is 19.9 Å².